The average molecular weight is 243 g/mol. The molecule has 0 aliphatic heterocycles. The highest BCUT2D eigenvalue weighted by Crippen LogP contribution is 2.22. The Labute approximate surface area is 105 Å². The van der Waals surface area contributed by atoms with E-state index in [9.17, 15) is 9.59 Å². The van der Waals surface area contributed by atoms with E-state index in [1.54, 1.807) is 42.5 Å². The number of allylic oxidation sites excluding steroid dienone is 3. The molecule has 0 aromatic heterocycles. The highest BCUT2D eigenvalue weighted by molar-refractivity contribution is 6.07. The normalized spacial score (nSPS) is 18.0. The second kappa shape index (κ2) is 5.31. The van der Waals surface area contributed by atoms with Gasteiger partial charge in [0.05, 0.1) is 5.92 Å². The third-order valence-corrected chi connectivity index (χ3v) is 2.75. The summed E-state index contributed by atoms with van der Waals surface area (Å²) in [7, 11) is 0. The number of hydrogen-bond donors (Lipinski definition) is 2. The Morgan fingerprint density at radius 1 is 1.22 bits per heavy atom. The smallest absolute Gasteiger partial charge is 0.311 e. The predicted molar refractivity (Wildman–Crippen MR) is 68.0 cm³/mol. The van der Waals surface area contributed by atoms with Crippen molar-refractivity contribution in [2.75, 3.05) is 5.32 Å². The van der Waals surface area contributed by atoms with Crippen molar-refractivity contribution >= 4 is 17.6 Å². The second-order valence-electron chi connectivity index (χ2n) is 4.00. The number of carbonyl (C=O) groups is 2. The number of aliphatic carboxylic acids is 1. The molecule has 18 heavy (non-hydrogen) atoms. The molecule has 2 N–H and O–H groups in total. The van der Waals surface area contributed by atoms with Gasteiger partial charge in [-0.3, -0.25) is 9.59 Å². The maximum Gasteiger partial charge on any atom is 0.311 e. The van der Waals surface area contributed by atoms with E-state index in [4.69, 9.17) is 5.11 Å². The molecule has 92 valence electrons. The Balaban J connectivity index is 2.15. The Hall–Kier alpha value is -2.36. The minimum atomic E-state index is -0.978. The van der Waals surface area contributed by atoms with E-state index in [-0.39, 0.29) is 11.5 Å². The fourth-order valence-corrected chi connectivity index (χ4v) is 1.82. The van der Waals surface area contributed by atoms with Gasteiger partial charge in [-0.15, -0.1) is 0 Å². The van der Waals surface area contributed by atoms with Crippen LogP contribution in [0.1, 0.15) is 6.42 Å². The van der Waals surface area contributed by atoms with E-state index in [1.165, 1.54) is 0 Å². The summed E-state index contributed by atoms with van der Waals surface area (Å²) in [6, 6.07) is 8.97. The van der Waals surface area contributed by atoms with Crippen LogP contribution in [0, 0.1) is 5.92 Å². The van der Waals surface area contributed by atoms with Crippen LogP contribution in [0.15, 0.2) is 54.1 Å². The third kappa shape index (κ3) is 2.66. The van der Waals surface area contributed by atoms with Crippen molar-refractivity contribution in [2.45, 2.75) is 6.42 Å². The van der Waals surface area contributed by atoms with E-state index >= 15 is 0 Å². The van der Waals surface area contributed by atoms with Gasteiger partial charge in [-0.1, -0.05) is 36.4 Å². The van der Waals surface area contributed by atoms with Gasteiger partial charge < -0.3 is 10.4 Å². The minimum Gasteiger partial charge on any atom is -0.481 e. The topological polar surface area (TPSA) is 66.4 Å². The predicted octanol–water partition coefficient (Wildman–Crippen LogP) is 2.21. The molecule has 1 atom stereocenters. The van der Waals surface area contributed by atoms with Crippen LogP contribution in [0.3, 0.4) is 0 Å². The molecule has 1 aromatic carbocycles. The van der Waals surface area contributed by atoms with Crippen LogP contribution in [-0.2, 0) is 9.59 Å². The maximum atomic E-state index is 12.0. The van der Waals surface area contributed by atoms with Crippen LogP contribution in [0.5, 0.6) is 0 Å². The molecule has 1 aliphatic carbocycles. The first-order valence-electron chi connectivity index (χ1n) is 5.64. The van der Waals surface area contributed by atoms with Crippen molar-refractivity contribution in [3.63, 3.8) is 0 Å². The van der Waals surface area contributed by atoms with E-state index in [1.807, 2.05) is 6.07 Å². The van der Waals surface area contributed by atoms with E-state index in [0.29, 0.717) is 12.1 Å². The zero-order valence-electron chi connectivity index (χ0n) is 9.67. The Morgan fingerprint density at radius 2 is 1.94 bits per heavy atom. The van der Waals surface area contributed by atoms with Gasteiger partial charge in [0.25, 0.3) is 5.91 Å². The number of hydrogen-bond acceptors (Lipinski definition) is 2. The van der Waals surface area contributed by atoms with Crippen LogP contribution in [0.4, 0.5) is 5.69 Å². The van der Waals surface area contributed by atoms with Gasteiger partial charge in [-0.25, -0.2) is 0 Å². The first kappa shape index (κ1) is 12.1. The van der Waals surface area contributed by atoms with Crippen LogP contribution >= 0.6 is 0 Å². The number of carboxylic acid groups (broad SMARTS) is 1. The zero-order chi connectivity index (χ0) is 13.0. The Morgan fingerprint density at radius 3 is 2.61 bits per heavy atom. The molecular formula is C14H13NO3. The number of nitrogens with one attached hydrogen (secondary N) is 1. The number of rotatable bonds is 3. The van der Waals surface area contributed by atoms with Crippen molar-refractivity contribution < 1.29 is 14.7 Å². The van der Waals surface area contributed by atoms with E-state index < -0.39 is 11.9 Å². The quantitative estimate of drug-likeness (QED) is 0.855. The third-order valence-electron chi connectivity index (χ3n) is 2.75. The lowest BCUT2D eigenvalue weighted by molar-refractivity contribution is -0.141. The van der Waals surface area contributed by atoms with Crippen molar-refractivity contribution in [3.8, 4) is 0 Å². The standard InChI is InChI=1S/C14H13NO3/c16-13(15-10-6-2-1-3-7-10)11-8-4-5-9-12(11)14(17)18/h1-8,12H,9H2,(H,15,16)(H,17,18). The van der Waals surface area contributed by atoms with Crippen molar-refractivity contribution in [1.82, 2.24) is 0 Å². The molecule has 0 heterocycles. The lowest BCUT2D eigenvalue weighted by Gasteiger charge is -2.17. The number of carboxylic acids is 1. The molecule has 4 heteroatoms. The van der Waals surface area contributed by atoms with Gasteiger partial charge in [-0.05, 0) is 18.6 Å². The zero-order valence-corrected chi connectivity index (χ0v) is 9.67. The number of benzene rings is 1. The number of amides is 1. The first-order chi connectivity index (χ1) is 8.68. The van der Waals surface area contributed by atoms with Crippen LogP contribution in [-0.4, -0.2) is 17.0 Å². The molecule has 0 radical (unpaired) electrons. The number of anilines is 1. The summed E-state index contributed by atoms with van der Waals surface area (Å²) in [6.45, 7) is 0. The molecule has 1 aromatic rings. The molecule has 0 spiro atoms. The maximum absolute atomic E-state index is 12.0. The highest BCUT2D eigenvalue weighted by Gasteiger charge is 2.27. The molecule has 1 amide bonds. The Bertz CT molecular complexity index is 517. The molecule has 0 saturated heterocycles. The number of para-hydroxylation sites is 1. The lowest BCUT2D eigenvalue weighted by atomic mass is 9.91. The van der Waals surface area contributed by atoms with Crippen molar-refractivity contribution in [2.24, 2.45) is 5.92 Å². The second-order valence-corrected chi connectivity index (χ2v) is 4.00. The molecule has 1 unspecified atom stereocenters. The minimum absolute atomic E-state index is 0.286. The summed E-state index contributed by atoms with van der Waals surface area (Å²) in [4.78, 5) is 23.1. The largest absolute Gasteiger partial charge is 0.481 e. The fourth-order valence-electron chi connectivity index (χ4n) is 1.82. The molecule has 0 fully saturated rings. The van der Waals surface area contributed by atoms with Gasteiger partial charge >= 0.3 is 5.97 Å². The van der Waals surface area contributed by atoms with Crippen LogP contribution in [0.2, 0.25) is 0 Å². The summed E-state index contributed by atoms with van der Waals surface area (Å²) in [5, 5.41) is 11.8. The van der Waals surface area contributed by atoms with Gasteiger partial charge in [-0.2, -0.15) is 0 Å². The van der Waals surface area contributed by atoms with Crippen molar-refractivity contribution in [1.29, 1.82) is 0 Å². The molecule has 1 aliphatic rings. The highest BCUT2D eigenvalue weighted by atomic mass is 16.4. The molecule has 2 rings (SSSR count). The Kier molecular flexibility index (Phi) is 3.57. The fraction of sp³-hybridized carbons (Fsp3) is 0.143. The summed E-state index contributed by atoms with van der Waals surface area (Å²) in [5.74, 6) is -2.11. The molecule has 0 saturated carbocycles. The van der Waals surface area contributed by atoms with Crippen LogP contribution in [0.25, 0.3) is 0 Å². The molecular weight excluding hydrogens is 230 g/mol. The van der Waals surface area contributed by atoms with Gasteiger partial charge in [0.1, 0.15) is 0 Å². The van der Waals surface area contributed by atoms with Gasteiger partial charge in [0.15, 0.2) is 0 Å². The summed E-state index contributed by atoms with van der Waals surface area (Å²) >= 11 is 0. The monoisotopic (exact) mass is 243 g/mol. The molecule has 0 bridgehead atoms. The number of carbonyl (C=O) groups excluding carboxylic acids is 1. The SMILES string of the molecule is O=C(Nc1ccccc1)C1=CC=CCC1C(=O)O. The average Bonchev–Trinajstić information content (AvgIpc) is 2.40. The van der Waals surface area contributed by atoms with E-state index in [0.717, 1.165) is 0 Å². The van der Waals surface area contributed by atoms with Gasteiger partial charge in [0, 0.05) is 11.3 Å². The van der Waals surface area contributed by atoms with Crippen LogP contribution < -0.4 is 5.32 Å². The molecule has 4 nitrogen and oxygen atoms in total. The first-order valence-corrected chi connectivity index (χ1v) is 5.64. The summed E-state index contributed by atoms with van der Waals surface area (Å²) in [6.07, 6.45) is 5.36. The summed E-state index contributed by atoms with van der Waals surface area (Å²) < 4.78 is 0. The lowest BCUT2D eigenvalue weighted by Crippen LogP contribution is -2.26. The van der Waals surface area contributed by atoms with Gasteiger partial charge in [0.2, 0.25) is 0 Å². The van der Waals surface area contributed by atoms with E-state index in [2.05, 4.69) is 5.32 Å². The van der Waals surface area contributed by atoms with Crippen molar-refractivity contribution in [3.05, 3.63) is 54.1 Å². The summed E-state index contributed by atoms with van der Waals surface area (Å²) in [5.41, 5.74) is 0.941.